The first-order valence-corrected chi connectivity index (χ1v) is 8.68. The van der Waals surface area contributed by atoms with Gasteiger partial charge in [-0.1, -0.05) is 59.7 Å². The number of nitrogens with one attached hydrogen (secondary N) is 2. The first kappa shape index (κ1) is 17.7. The van der Waals surface area contributed by atoms with E-state index in [0.29, 0.717) is 6.54 Å². The highest BCUT2D eigenvalue weighted by Gasteiger charge is 2.21. The van der Waals surface area contributed by atoms with Gasteiger partial charge in [-0.2, -0.15) is 0 Å². The minimum Gasteiger partial charge on any atom is -0.350 e. The highest BCUT2D eigenvalue weighted by molar-refractivity contribution is 5.88. The molecule has 0 saturated heterocycles. The molecule has 3 rings (SSSR count). The van der Waals surface area contributed by atoms with Crippen LogP contribution < -0.4 is 10.7 Å². The second-order valence-corrected chi connectivity index (χ2v) is 6.54. The van der Waals surface area contributed by atoms with Crippen LogP contribution in [0.5, 0.6) is 0 Å². The first-order chi connectivity index (χ1) is 12.5. The molecule has 2 aromatic carbocycles. The van der Waals surface area contributed by atoms with Crippen molar-refractivity contribution in [2.45, 2.75) is 26.8 Å². The van der Waals surface area contributed by atoms with Crippen LogP contribution in [0.1, 0.15) is 28.7 Å². The maximum atomic E-state index is 12.2. The summed E-state index contributed by atoms with van der Waals surface area (Å²) >= 11 is 0. The minimum atomic E-state index is -0.198. The van der Waals surface area contributed by atoms with Gasteiger partial charge >= 0.3 is 0 Å². The van der Waals surface area contributed by atoms with E-state index < -0.39 is 0 Å². The normalized spacial score (nSPS) is 13.8. The molecule has 0 unspecified atom stereocenters. The van der Waals surface area contributed by atoms with Crippen LogP contribution in [0.25, 0.3) is 5.70 Å². The average molecular weight is 349 g/mol. The van der Waals surface area contributed by atoms with E-state index in [1.807, 2.05) is 68.5 Å². The van der Waals surface area contributed by atoms with Crippen molar-refractivity contribution in [3.63, 3.8) is 0 Å². The molecular formula is C21H23N3O2. The van der Waals surface area contributed by atoms with Crippen LogP contribution >= 0.6 is 0 Å². The van der Waals surface area contributed by atoms with Crippen LogP contribution in [0.15, 0.2) is 54.6 Å². The molecular weight excluding hydrogens is 326 g/mol. The molecule has 0 radical (unpaired) electrons. The van der Waals surface area contributed by atoms with Crippen LogP contribution in [0, 0.1) is 13.8 Å². The molecule has 2 amide bonds. The van der Waals surface area contributed by atoms with E-state index in [1.54, 1.807) is 0 Å². The molecule has 2 aromatic rings. The van der Waals surface area contributed by atoms with Gasteiger partial charge in [0.2, 0.25) is 11.8 Å². The van der Waals surface area contributed by atoms with Gasteiger partial charge in [-0.25, -0.2) is 5.01 Å². The Morgan fingerprint density at radius 2 is 1.65 bits per heavy atom. The van der Waals surface area contributed by atoms with E-state index in [-0.39, 0.29) is 24.8 Å². The van der Waals surface area contributed by atoms with Gasteiger partial charge in [0.05, 0.1) is 5.70 Å². The molecule has 5 heteroatoms. The van der Waals surface area contributed by atoms with E-state index in [9.17, 15) is 9.59 Å². The fourth-order valence-electron chi connectivity index (χ4n) is 2.70. The Labute approximate surface area is 153 Å². The van der Waals surface area contributed by atoms with Gasteiger partial charge in [0.25, 0.3) is 0 Å². The third-order valence-corrected chi connectivity index (χ3v) is 4.31. The van der Waals surface area contributed by atoms with Gasteiger partial charge in [-0.15, -0.1) is 0 Å². The van der Waals surface area contributed by atoms with Gasteiger partial charge < -0.3 is 5.32 Å². The zero-order chi connectivity index (χ0) is 18.5. The van der Waals surface area contributed by atoms with Gasteiger partial charge in [0, 0.05) is 13.0 Å². The predicted molar refractivity (Wildman–Crippen MR) is 102 cm³/mol. The molecule has 134 valence electrons. The maximum absolute atomic E-state index is 12.2. The molecule has 1 heterocycles. The fraction of sp³-hybridized carbons (Fsp3) is 0.238. The van der Waals surface area contributed by atoms with Crippen molar-refractivity contribution in [3.8, 4) is 0 Å². The zero-order valence-electron chi connectivity index (χ0n) is 15.1. The highest BCUT2D eigenvalue weighted by Crippen LogP contribution is 2.17. The van der Waals surface area contributed by atoms with Crippen LogP contribution in [0.3, 0.4) is 0 Å². The molecule has 0 aromatic heterocycles. The molecule has 1 aliphatic heterocycles. The second-order valence-electron chi connectivity index (χ2n) is 6.54. The van der Waals surface area contributed by atoms with Crippen molar-refractivity contribution in [2.75, 3.05) is 6.54 Å². The zero-order valence-corrected chi connectivity index (χ0v) is 15.1. The lowest BCUT2D eigenvalue weighted by Gasteiger charge is -2.29. The van der Waals surface area contributed by atoms with Gasteiger partial charge in [0.1, 0.15) is 6.54 Å². The van der Waals surface area contributed by atoms with E-state index in [2.05, 4.69) is 10.7 Å². The third-order valence-electron chi connectivity index (χ3n) is 4.31. The standard InChI is InChI=1S/C21H23N3O2/c1-15-3-7-17(8-4-15)13-22-20(25)14-24-21(26)12-11-19(23-24)18-9-5-16(2)6-10-18/h3-11,23H,12-14H2,1-2H3,(H,22,25). The van der Waals surface area contributed by atoms with Crippen LogP contribution in [-0.2, 0) is 16.1 Å². The summed E-state index contributed by atoms with van der Waals surface area (Å²) in [6.07, 6.45) is 2.13. The van der Waals surface area contributed by atoms with E-state index in [0.717, 1.165) is 16.8 Å². The summed E-state index contributed by atoms with van der Waals surface area (Å²) in [6.45, 7) is 4.48. The summed E-state index contributed by atoms with van der Waals surface area (Å²) in [4.78, 5) is 24.3. The van der Waals surface area contributed by atoms with Crippen molar-refractivity contribution < 1.29 is 9.59 Å². The number of aryl methyl sites for hydroxylation is 2. The summed E-state index contributed by atoms with van der Waals surface area (Å²) < 4.78 is 0. The largest absolute Gasteiger partial charge is 0.350 e. The van der Waals surface area contributed by atoms with Crippen molar-refractivity contribution in [3.05, 3.63) is 76.9 Å². The highest BCUT2D eigenvalue weighted by atomic mass is 16.2. The smallest absolute Gasteiger partial charge is 0.245 e. The number of hydrogen-bond acceptors (Lipinski definition) is 3. The Morgan fingerprint density at radius 3 is 2.31 bits per heavy atom. The predicted octanol–water partition coefficient (Wildman–Crippen LogP) is 2.70. The number of rotatable bonds is 5. The number of carbonyl (C=O) groups is 2. The second kappa shape index (κ2) is 7.87. The summed E-state index contributed by atoms with van der Waals surface area (Å²) in [7, 11) is 0. The van der Waals surface area contributed by atoms with Gasteiger partial charge in [0.15, 0.2) is 0 Å². The molecule has 0 atom stereocenters. The first-order valence-electron chi connectivity index (χ1n) is 8.68. The quantitative estimate of drug-likeness (QED) is 0.872. The summed E-state index contributed by atoms with van der Waals surface area (Å²) in [5.41, 5.74) is 8.28. The molecule has 2 N–H and O–H groups in total. The van der Waals surface area contributed by atoms with Crippen LogP contribution in [0.2, 0.25) is 0 Å². The minimum absolute atomic E-state index is 0.0199. The molecule has 0 fully saturated rings. The van der Waals surface area contributed by atoms with Crippen molar-refractivity contribution in [2.24, 2.45) is 0 Å². The number of benzene rings is 2. The Bertz CT molecular complexity index is 823. The van der Waals surface area contributed by atoms with E-state index in [4.69, 9.17) is 0 Å². The molecule has 26 heavy (non-hydrogen) atoms. The van der Waals surface area contributed by atoms with Crippen molar-refractivity contribution in [1.29, 1.82) is 0 Å². The van der Waals surface area contributed by atoms with Gasteiger partial charge in [-0.05, 0) is 31.1 Å². The van der Waals surface area contributed by atoms with Crippen molar-refractivity contribution >= 4 is 17.5 Å². The average Bonchev–Trinajstić information content (AvgIpc) is 2.64. The molecule has 0 spiro atoms. The van der Waals surface area contributed by atoms with E-state index >= 15 is 0 Å². The number of nitrogens with zero attached hydrogens (tertiary/aromatic N) is 1. The molecule has 1 aliphatic rings. The summed E-state index contributed by atoms with van der Waals surface area (Å²) in [5.74, 6) is -0.317. The molecule has 0 bridgehead atoms. The lowest BCUT2D eigenvalue weighted by Crippen LogP contribution is -2.49. The monoisotopic (exact) mass is 349 g/mol. The Balaban J connectivity index is 1.57. The maximum Gasteiger partial charge on any atom is 0.245 e. The summed E-state index contributed by atoms with van der Waals surface area (Å²) in [5, 5.41) is 4.23. The number of carbonyl (C=O) groups excluding carboxylic acids is 2. The fourth-order valence-corrected chi connectivity index (χ4v) is 2.70. The third kappa shape index (κ3) is 4.51. The topological polar surface area (TPSA) is 61.4 Å². The lowest BCUT2D eigenvalue weighted by molar-refractivity contribution is -0.137. The molecule has 5 nitrogen and oxygen atoms in total. The van der Waals surface area contributed by atoms with Gasteiger partial charge in [-0.3, -0.25) is 15.0 Å². The SMILES string of the molecule is Cc1ccc(CNC(=O)CN2NC(c3ccc(C)cc3)=CCC2=O)cc1. The van der Waals surface area contributed by atoms with E-state index in [1.165, 1.54) is 16.1 Å². The van der Waals surface area contributed by atoms with Crippen LogP contribution in [0.4, 0.5) is 0 Å². The molecule has 0 saturated carbocycles. The lowest BCUT2D eigenvalue weighted by atomic mass is 10.1. The number of amides is 2. The Kier molecular flexibility index (Phi) is 5.37. The Morgan fingerprint density at radius 1 is 1.04 bits per heavy atom. The number of hydrazine groups is 1. The Hall–Kier alpha value is -3.08. The molecule has 0 aliphatic carbocycles. The summed E-state index contributed by atoms with van der Waals surface area (Å²) in [6, 6.07) is 16.0. The van der Waals surface area contributed by atoms with Crippen LogP contribution in [-0.4, -0.2) is 23.4 Å². The van der Waals surface area contributed by atoms with Crippen molar-refractivity contribution in [1.82, 2.24) is 15.8 Å². The number of hydrogen-bond donors (Lipinski definition) is 2.